The Bertz CT molecular complexity index is 678. The van der Waals surface area contributed by atoms with Crippen molar-refractivity contribution in [3.63, 3.8) is 0 Å². The second-order valence-electron chi connectivity index (χ2n) is 5.91. The van der Waals surface area contributed by atoms with E-state index in [0.717, 1.165) is 12.0 Å². The van der Waals surface area contributed by atoms with E-state index in [1.807, 2.05) is 38.1 Å². The monoisotopic (exact) mass is 300 g/mol. The van der Waals surface area contributed by atoms with Crippen molar-refractivity contribution in [1.82, 2.24) is 10.1 Å². The smallest absolute Gasteiger partial charge is 0.276 e. The Balaban J connectivity index is 1.89. The first-order valence-corrected chi connectivity index (χ1v) is 7.58. The molecule has 3 rings (SSSR count). The van der Waals surface area contributed by atoms with Crippen molar-refractivity contribution in [2.75, 3.05) is 13.2 Å². The van der Waals surface area contributed by atoms with E-state index in [0.29, 0.717) is 18.0 Å². The molecule has 1 aromatic heterocycles. The predicted molar refractivity (Wildman–Crippen MR) is 81.6 cm³/mol. The Kier molecular flexibility index (Phi) is 3.98. The van der Waals surface area contributed by atoms with Crippen LogP contribution in [-0.2, 0) is 6.42 Å². The zero-order valence-corrected chi connectivity index (χ0v) is 12.8. The Labute approximate surface area is 129 Å². The number of amides is 1. The van der Waals surface area contributed by atoms with Crippen LogP contribution in [0.1, 0.15) is 53.2 Å². The molecule has 0 saturated carbocycles. The van der Waals surface area contributed by atoms with Crippen LogP contribution < -0.4 is 0 Å². The van der Waals surface area contributed by atoms with Gasteiger partial charge in [-0.2, -0.15) is 0 Å². The molecular formula is C17H20N2O3. The Morgan fingerprint density at radius 1 is 1.45 bits per heavy atom. The SMILES string of the molecule is CC(C)c1cc(C(=O)N2CCc3ccccc3[C@@H]2CO)no1. The van der Waals surface area contributed by atoms with Crippen LogP contribution in [0.15, 0.2) is 34.9 Å². The summed E-state index contributed by atoms with van der Waals surface area (Å²) in [4.78, 5) is 14.4. The molecule has 5 heteroatoms. The van der Waals surface area contributed by atoms with Gasteiger partial charge in [-0.15, -0.1) is 0 Å². The molecule has 116 valence electrons. The first-order chi connectivity index (χ1) is 10.6. The van der Waals surface area contributed by atoms with E-state index in [1.165, 1.54) is 5.56 Å². The number of aromatic nitrogens is 1. The fourth-order valence-corrected chi connectivity index (χ4v) is 2.90. The quantitative estimate of drug-likeness (QED) is 0.946. The van der Waals surface area contributed by atoms with Gasteiger partial charge in [-0.05, 0) is 17.5 Å². The number of aliphatic hydroxyl groups excluding tert-OH is 1. The number of fused-ring (bicyclic) bond motifs is 1. The second-order valence-corrected chi connectivity index (χ2v) is 5.91. The van der Waals surface area contributed by atoms with Crippen LogP contribution in [-0.4, -0.2) is 34.2 Å². The molecule has 5 nitrogen and oxygen atoms in total. The van der Waals surface area contributed by atoms with Gasteiger partial charge in [-0.1, -0.05) is 43.3 Å². The lowest BCUT2D eigenvalue weighted by atomic mass is 9.92. The number of carbonyl (C=O) groups is 1. The molecule has 2 aromatic rings. The van der Waals surface area contributed by atoms with Gasteiger partial charge in [0.2, 0.25) is 0 Å². The first-order valence-electron chi connectivity index (χ1n) is 7.58. The number of hydrogen-bond acceptors (Lipinski definition) is 4. The standard InChI is InChI=1S/C17H20N2O3/c1-11(2)16-9-14(18-22-16)17(21)19-8-7-12-5-3-4-6-13(12)15(19)10-20/h3-6,9,11,15,20H,7-8,10H2,1-2H3/t15-/m0/s1. The minimum absolute atomic E-state index is 0.0996. The lowest BCUT2D eigenvalue weighted by molar-refractivity contribution is 0.0558. The molecule has 1 atom stereocenters. The molecule has 0 spiro atoms. The van der Waals surface area contributed by atoms with Gasteiger partial charge in [0.25, 0.3) is 5.91 Å². The van der Waals surface area contributed by atoms with Crippen LogP contribution in [0, 0.1) is 0 Å². The minimum atomic E-state index is -0.323. The lowest BCUT2D eigenvalue weighted by Gasteiger charge is -2.35. The van der Waals surface area contributed by atoms with E-state index >= 15 is 0 Å². The zero-order chi connectivity index (χ0) is 15.7. The Morgan fingerprint density at radius 2 is 2.23 bits per heavy atom. The highest BCUT2D eigenvalue weighted by Crippen LogP contribution is 2.30. The summed E-state index contributed by atoms with van der Waals surface area (Å²) in [5, 5.41) is 13.6. The van der Waals surface area contributed by atoms with Crippen molar-refractivity contribution >= 4 is 5.91 Å². The third-order valence-corrected chi connectivity index (χ3v) is 4.16. The summed E-state index contributed by atoms with van der Waals surface area (Å²) in [7, 11) is 0. The fourth-order valence-electron chi connectivity index (χ4n) is 2.90. The first kappa shape index (κ1) is 14.8. The molecular weight excluding hydrogens is 280 g/mol. The van der Waals surface area contributed by atoms with Crippen molar-refractivity contribution in [3.05, 3.63) is 52.9 Å². The van der Waals surface area contributed by atoms with Crippen LogP contribution >= 0.6 is 0 Å². The molecule has 1 aromatic carbocycles. The van der Waals surface area contributed by atoms with Crippen molar-refractivity contribution in [1.29, 1.82) is 0 Å². The third kappa shape index (κ3) is 2.52. The highest BCUT2D eigenvalue weighted by molar-refractivity contribution is 5.92. The van der Waals surface area contributed by atoms with Gasteiger partial charge < -0.3 is 14.5 Å². The van der Waals surface area contributed by atoms with Crippen LogP contribution in [0.2, 0.25) is 0 Å². The average Bonchev–Trinajstić information content (AvgIpc) is 3.03. The van der Waals surface area contributed by atoms with Crippen molar-refractivity contribution in [3.8, 4) is 0 Å². The molecule has 1 amide bonds. The number of aliphatic hydroxyl groups is 1. The van der Waals surface area contributed by atoms with E-state index in [4.69, 9.17) is 4.52 Å². The summed E-state index contributed by atoms with van der Waals surface area (Å²) in [5.41, 5.74) is 2.51. The van der Waals surface area contributed by atoms with Crippen molar-refractivity contribution in [2.45, 2.75) is 32.2 Å². The molecule has 2 heterocycles. The van der Waals surface area contributed by atoms with Gasteiger partial charge in [0.05, 0.1) is 12.6 Å². The van der Waals surface area contributed by atoms with E-state index in [1.54, 1.807) is 11.0 Å². The molecule has 0 aliphatic carbocycles. The number of nitrogens with zero attached hydrogens (tertiary/aromatic N) is 2. The topological polar surface area (TPSA) is 66.6 Å². The van der Waals surface area contributed by atoms with Gasteiger partial charge in [-0.25, -0.2) is 0 Å². The number of benzene rings is 1. The van der Waals surface area contributed by atoms with Crippen LogP contribution in [0.4, 0.5) is 0 Å². The average molecular weight is 300 g/mol. The Hall–Kier alpha value is -2.14. The summed E-state index contributed by atoms with van der Waals surface area (Å²) >= 11 is 0. The number of carbonyl (C=O) groups excluding carboxylic acids is 1. The molecule has 0 radical (unpaired) electrons. The molecule has 0 saturated heterocycles. The van der Waals surface area contributed by atoms with E-state index in [2.05, 4.69) is 5.16 Å². The van der Waals surface area contributed by atoms with Gasteiger partial charge in [-0.3, -0.25) is 4.79 Å². The fraction of sp³-hybridized carbons (Fsp3) is 0.412. The van der Waals surface area contributed by atoms with Crippen LogP contribution in [0.5, 0.6) is 0 Å². The normalized spacial score (nSPS) is 17.6. The molecule has 0 bridgehead atoms. The summed E-state index contributed by atoms with van der Waals surface area (Å²) < 4.78 is 5.22. The molecule has 1 aliphatic heterocycles. The molecule has 0 unspecified atom stereocenters. The summed E-state index contributed by atoms with van der Waals surface area (Å²) in [6.07, 6.45) is 0.785. The summed E-state index contributed by atoms with van der Waals surface area (Å²) in [6, 6.07) is 9.31. The van der Waals surface area contributed by atoms with Crippen LogP contribution in [0.25, 0.3) is 0 Å². The maximum Gasteiger partial charge on any atom is 0.276 e. The Morgan fingerprint density at radius 3 is 2.91 bits per heavy atom. The van der Waals surface area contributed by atoms with Crippen molar-refractivity contribution < 1.29 is 14.4 Å². The molecule has 1 aliphatic rings. The maximum absolute atomic E-state index is 12.7. The van der Waals surface area contributed by atoms with Gasteiger partial charge >= 0.3 is 0 Å². The molecule has 0 fully saturated rings. The molecule has 22 heavy (non-hydrogen) atoms. The van der Waals surface area contributed by atoms with E-state index < -0.39 is 0 Å². The molecule has 1 N–H and O–H groups in total. The third-order valence-electron chi connectivity index (χ3n) is 4.16. The van der Waals surface area contributed by atoms with E-state index in [9.17, 15) is 9.90 Å². The van der Waals surface area contributed by atoms with Crippen molar-refractivity contribution in [2.24, 2.45) is 0 Å². The predicted octanol–water partition coefficient (Wildman–Crippen LogP) is 2.53. The highest BCUT2D eigenvalue weighted by atomic mass is 16.5. The zero-order valence-electron chi connectivity index (χ0n) is 12.8. The maximum atomic E-state index is 12.7. The summed E-state index contributed by atoms with van der Waals surface area (Å²) in [5.74, 6) is 0.690. The summed E-state index contributed by atoms with van der Waals surface area (Å²) in [6.45, 7) is 4.45. The number of rotatable bonds is 3. The van der Waals surface area contributed by atoms with Gasteiger partial charge in [0.15, 0.2) is 5.69 Å². The lowest BCUT2D eigenvalue weighted by Crippen LogP contribution is -2.41. The number of hydrogen-bond donors (Lipinski definition) is 1. The largest absolute Gasteiger partial charge is 0.394 e. The van der Waals surface area contributed by atoms with Gasteiger partial charge in [0.1, 0.15) is 5.76 Å². The highest BCUT2D eigenvalue weighted by Gasteiger charge is 2.32. The van der Waals surface area contributed by atoms with Crippen LogP contribution in [0.3, 0.4) is 0 Å². The second kappa shape index (κ2) is 5.93. The van der Waals surface area contributed by atoms with Gasteiger partial charge in [0, 0.05) is 18.5 Å². The minimum Gasteiger partial charge on any atom is -0.394 e. The van der Waals surface area contributed by atoms with E-state index in [-0.39, 0.29) is 24.5 Å².